The van der Waals surface area contributed by atoms with Crippen molar-refractivity contribution in [2.75, 3.05) is 0 Å². The largest absolute Gasteiger partial charge is 0.340 e. The topological polar surface area (TPSA) is 56.9 Å². The molecule has 0 amide bonds. The van der Waals surface area contributed by atoms with Gasteiger partial charge in [0.05, 0.1) is 38.5 Å². The average molecular weight is 384 g/mol. The number of para-hydroxylation sites is 1. The van der Waals surface area contributed by atoms with Crippen molar-refractivity contribution in [2.45, 2.75) is 0 Å². The monoisotopic (exact) mass is 383 g/mol. The van der Waals surface area contributed by atoms with E-state index in [4.69, 9.17) is 23.2 Å². The Morgan fingerprint density at radius 1 is 0.808 bits per heavy atom. The normalized spacial score (nSPS) is 11.0. The van der Waals surface area contributed by atoms with E-state index in [9.17, 15) is 9.59 Å². The molecule has 0 radical (unpaired) electrons. The highest BCUT2D eigenvalue weighted by atomic mass is 35.5. The van der Waals surface area contributed by atoms with Crippen molar-refractivity contribution in [3.8, 4) is 11.4 Å². The minimum atomic E-state index is -0.514. The second-order valence-electron chi connectivity index (χ2n) is 5.59. The summed E-state index contributed by atoms with van der Waals surface area (Å²) in [5.41, 5.74) is 0.378. The van der Waals surface area contributed by atoms with E-state index in [2.05, 4.69) is 4.98 Å². The van der Waals surface area contributed by atoms with Crippen molar-refractivity contribution in [1.29, 1.82) is 0 Å². The van der Waals surface area contributed by atoms with Crippen LogP contribution in [0.2, 0.25) is 10.0 Å². The third-order valence-electron chi connectivity index (χ3n) is 4.01. The highest BCUT2D eigenvalue weighted by Crippen LogP contribution is 2.27. The Morgan fingerprint density at radius 3 is 2.19 bits per heavy atom. The molecule has 4 rings (SSSR count). The van der Waals surface area contributed by atoms with Gasteiger partial charge in [0.1, 0.15) is 0 Å². The lowest BCUT2D eigenvalue weighted by Crippen LogP contribution is -2.38. The Kier molecular flexibility index (Phi) is 4.11. The molecule has 4 aromatic rings. The lowest BCUT2D eigenvalue weighted by molar-refractivity contribution is 0.831. The van der Waals surface area contributed by atoms with Crippen LogP contribution in [0, 0.1) is 0 Å². The van der Waals surface area contributed by atoms with Crippen LogP contribution < -0.4 is 11.2 Å². The van der Waals surface area contributed by atoms with E-state index >= 15 is 0 Å². The van der Waals surface area contributed by atoms with Crippen molar-refractivity contribution < 1.29 is 0 Å². The van der Waals surface area contributed by atoms with Gasteiger partial charge in [0.2, 0.25) is 0 Å². The molecule has 0 aliphatic carbocycles. The van der Waals surface area contributed by atoms with Gasteiger partial charge in [-0.25, -0.2) is 9.36 Å². The van der Waals surface area contributed by atoms with Crippen molar-refractivity contribution in [3.05, 3.63) is 97.9 Å². The summed E-state index contributed by atoms with van der Waals surface area (Å²) in [5, 5.41) is 0.792. The molecule has 7 heteroatoms. The molecule has 0 aliphatic rings. The summed E-state index contributed by atoms with van der Waals surface area (Å²) in [4.78, 5) is 30.2. The predicted octanol–water partition coefficient (Wildman–Crippen LogP) is 3.84. The van der Waals surface area contributed by atoms with Crippen LogP contribution in [-0.4, -0.2) is 14.1 Å². The Labute approximate surface area is 157 Å². The van der Waals surface area contributed by atoms with Crippen LogP contribution in [0.3, 0.4) is 0 Å². The molecule has 128 valence electrons. The van der Waals surface area contributed by atoms with E-state index in [1.807, 2.05) is 18.2 Å². The van der Waals surface area contributed by atoms with E-state index in [1.165, 1.54) is 22.9 Å². The molecule has 2 heterocycles. The Bertz CT molecular complexity index is 1230. The van der Waals surface area contributed by atoms with Crippen LogP contribution in [0.1, 0.15) is 0 Å². The molecular formula is C19H11Cl2N3O2. The number of aromatic nitrogens is 3. The first kappa shape index (κ1) is 16.6. The maximum absolute atomic E-state index is 13.2. The van der Waals surface area contributed by atoms with E-state index < -0.39 is 11.2 Å². The number of nitrogens with zero attached hydrogens (tertiary/aromatic N) is 3. The van der Waals surface area contributed by atoms with Crippen LogP contribution in [0.5, 0.6) is 0 Å². The number of rotatable bonds is 2. The Hall–Kier alpha value is -2.89. The lowest BCUT2D eigenvalue weighted by atomic mass is 10.2. The van der Waals surface area contributed by atoms with Crippen LogP contribution in [0.25, 0.3) is 22.3 Å². The fraction of sp³-hybridized carbons (Fsp3) is 0. The smallest absolute Gasteiger partial charge is 0.268 e. The molecule has 0 fully saturated rings. The number of hydrogen-bond acceptors (Lipinski definition) is 3. The molecule has 0 saturated heterocycles. The summed E-state index contributed by atoms with van der Waals surface area (Å²) in [6, 6.07) is 15.3. The zero-order valence-electron chi connectivity index (χ0n) is 13.3. The molecular weight excluding hydrogens is 373 g/mol. The zero-order chi connectivity index (χ0) is 18.3. The van der Waals surface area contributed by atoms with Crippen LogP contribution in [-0.2, 0) is 0 Å². The van der Waals surface area contributed by atoms with Gasteiger partial charge in [-0.2, -0.15) is 0 Å². The Morgan fingerprint density at radius 2 is 1.50 bits per heavy atom. The zero-order valence-corrected chi connectivity index (χ0v) is 14.8. The van der Waals surface area contributed by atoms with Crippen LogP contribution in [0.15, 0.2) is 76.6 Å². The summed E-state index contributed by atoms with van der Waals surface area (Å²) >= 11 is 12.3. The standard InChI is InChI=1S/C19H11Cl2N3O2/c20-15-9-14-17(10-16(15)21)23(12-5-2-1-3-6-12)19(26)24(18(14)25)13-7-4-8-22-11-13/h1-11H. The number of hydrogen-bond donors (Lipinski definition) is 0. The molecule has 2 aromatic carbocycles. The molecule has 2 aromatic heterocycles. The van der Waals surface area contributed by atoms with Gasteiger partial charge in [-0.3, -0.25) is 14.3 Å². The fourth-order valence-electron chi connectivity index (χ4n) is 2.84. The first-order chi connectivity index (χ1) is 12.6. The van der Waals surface area contributed by atoms with E-state index in [-0.39, 0.29) is 15.4 Å². The van der Waals surface area contributed by atoms with Gasteiger partial charge in [-0.1, -0.05) is 41.4 Å². The molecule has 0 saturated carbocycles. The molecule has 0 spiro atoms. The van der Waals surface area contributed by atoms with Crippen molar-refractivity contribution in [3.63, 3.8) is 0 Å². The van der Waals surface area contributed by atoms with Gasteiger partial charge in [-0.15, -0.1) is 0 Å². The van der Waals surface area contributed by atoms with E-state index in [1.54, 1.807) is 30.5 Å². The number of halogens is 2. The molecule has 0 atom stereocenters. The van der Waals surface area contributed by atoms with E-state index in [0.29, 0.717) is 16.9 Å². The average Bonchev–Trinajstić information content (AvgIpc) is 2.66. The summed E-state index contributed by atoms with van der Waals surface area (Å²) in [6.07, 6.45) is 3.03. The van der Waals surface area contributed by atoms with Gasteiger partial charge in [0.15, 0.2) is 0 Å². The summed E-state index contributed by atoms with van der Waals surface area (Å²) in [7, 11) is 0. The van der Waals surface area contributed by atoms with Gasteiger partial charge < -0.3 is 0 Å². The maximum atomic E-state index is 13.2. The first-order valence-electron chi connectivity index (χ1n) is 7.70. The number of pyridine rings is 1. The number of benzene rings is 2. The first-order valence-corrected chi connectivity index (χ1v) is 8.46. The van der Waals surface area contributed by atoms with Gasteiger partial charge >= 0.3 is 5.69 Å². The van der Waals surface area contributed by atoms with Crippen molar-refractivity contribution in [2.24, 2.45) is 0 Å². The van der Waals surface area contributed by atoms with Gasteiger partial charge in [-0.05, 0) is 36.4 Å². The van der Waals surface area contributed by atoms with E-state index in [0.717, 1.165) is 4.57 Å². The predicted molar refractivity (Wildman–Crippen MR) is 103 cm³/mol. The van der Waals surface area contributed by atoms with Gasteiger partial charge in [0, 0.05) is 6.20 Å². The molecule has 0 N–H and O–H groups in total. The van der Waals surface area contributed by atoms with Crippen LogP contribution >= 0.6 is 23.2 Å². The quantitative estimate of drug-likeness (QED) is 0.528. The van der Waals surface area contributed by atoms with Gasteiger partial charge in [0.25, 0.3) is 5.56 Å². The highest BCUT2D eigenvalue weighted by molar-refractivity contribution is 6.42. The molecule has 0 unspecified atom stereocenters. The minimum absolute atomic E-state index is 0.243. The molecule has 0 aliphatic heterocycles. The molecule has 0 bridgehead atoms. The summed E-state index contributed by atoms with van der Waals surface area (Å²) in [6.45, 7) is 0. The summed E-state index contributed by atoms with van der Waals surface area (Å²) in [5.74, 6) is 0. The highest BCUT2D eigenvalue weighted by Gasteiger charge is 2.17. The second kappa shape index (κ2) is 6.44. The summed E-state index contributed by atoms with van der Waals surface area (Å²) < 4.78 is 2.51. The minimum Gasteiger partial charge on any atom is -0.268 e. The molecule has 5 nitrogen and oxygen atoms in total. The fourth-order valence-corrected chi connectivity index (χ4v) is 3.16. The van der Waals surface area contributed by atoms with Crippen LogP contribution in [0.4, 0.5) is 0 Å². The third-order valence-corrected chi connectivity index (χ3v) is 4.74. The number of fused-ring (bicyclic) bond motifs is 1. The molecule has 26 heavy (non-hydrogen) atoms. The lowest BCUT2D eigenvalue weighted by Gasteiger charge is -2.14. The van der Waals surface area contributed by atoms with Crippen molar-refractivity contribution >= 4 is 34.1 Å². The maximum Gasteiger partial charge on any atom is 0.340 e. The third kappa shape index (κ3) is 2.62. The second-order valence-corrected chi connectivity index (χ2v) is 6.40. The van der Waals surface area contributed by atoms with Crippen molar-refractivity contribution in [1.82, 2.24) is 14.1 Å². The SMILES string of the molecule is O=c1c2cc(Cl)c(Cl)cc2n(-c2ccccc2)c(=O)n1-c1cccnc1. The Balaban J connectivity index is 2.24.